The molecule has 0 aliphatic rings. The molecule has 0 heterocycles. The van der Waals surface area contributed by atoms with Gasteiger partial charge in [-0.3, -0.25) is 0 Å². The Labute approximate surface area is 121 Å². The molecule has 0 spiro atoms. The quantitative estimate of drug-likeness (QED) is 0.826. The molecule has 0 aromatic heterocycles. The molecule has 20 heavy (non-hydrogen) atoms. The van der Waals surface area contributed by atoms with Gasteiger partial charge >= 0.3 is 0 Å². The first-order chi connectivity index (χ1) is 9.64. The van der Waals surface area contributed by atoms with E-state index in [-0.39, 0.29) is 0 Å². The zero-order valence-electron chi connectivity index (χ0n) is 11.8. The fourth-order valence-electron chi connectivity index (χ4n) is 2.07. The first-order valence-electron chi connectivity index (χ1n) is 6.54. The topological polar surface area (TPSA) is 29.4 Å². The zero-order valence-corrected chi connectivity index (χ0v) is 12.6. The van der Waals surface area contributed by atoms with Gasteiger partial charge in [-0.1, -0.05) is 60.2 Å². The van der Waals surface area contributed by atoms with E-state index in [2.05, 4.69) is 10.4 Å². The third kappa shape index (κ3) is 3.58. The van der Waals surface area contributed by atoms with Crippen LogP contribution in [0.4, 0.5) is 0 Å². The fourth-order valence-corrected chi connectivity index (χ4v) is 3.86. The lowest BCUT2D eigenvalue weighted by Gasteiger charge is -2.10. The molecule has 0 bridgehead atoms. The van der Waals surface area contributed by atoms with Gasteiger partial charge in [0.15, 0.2) is 0 Å². The summed E-state index contributed by atoms with van der Waals surface area (Å²) in [4.78, 5) is 0.795. The van der Waals surface area contributed by atoms with E-state index >= 15 is 0 Å². The molecule has 0 saturated carbocycles. The number of hydrogen-bond acceptors (Lipinski definition) is 2. The molecular weight excluding hydrogens is 266 g/mol. The van der Waals surface area contributed by atoms with Gasteiger partial charge in [0.2, 0.25) is 0 Å². The van der Waals surface area contributed by atoms with E-state index < -0.39 is 9.73 Å². The van der Waals surface area contributed by atoms with E-state index in [0.29, 0.717) is 5.75 Å². The minimum atomic E-state index is -2.37. The predicted molar refractivity (Wildman–Crippen MR) is 86.2 cm³/mol. The van der Waals surface area contributed by atoms with Crippen molar-refractivity contribution < 1.29 is 4.21 Å². The minimum Gasteiger partial charge on any atom is -0.244 e. The van der Waals surface area contributed by atoms with E-state index in [1.54, 1.807) is 7.05 Å². The molecule has 0 radical (unpaired) electrons. The largest absolute Gasteiger partial charge is 0.244 e. The molecule has 104 valence electrons. The second kappa shape index (κ2) is 6.53. The Morgan fingerprint density at radius 2 is 1.60 bits per heavy atom. The molecule has 1 atom stereocenters. The van der Waals surface area contributed by atoms with Crippen molar-refractivity contribution in [2.75, 3.05) is 12.8 Å². The summed E-state index contributed by atoms with van der Waals surface area (Å²) in [5.41, 5.74) is 2.19. The molecule has 0 aliphatic carbocycles. The van der Waals surface area contributed by atoms with Gasteiger partial charge in [0.25, 0.3) is 0 Å². The van der Waals surface area contributed by atoms with Crippen molar-refractivity contribution in [3.8, 4) is 0 Å². The van der Waals surface area contributed by atoms with Crippen LogP contribution >= 0.6 is 0 Å². The third-order valence-corrected chi connectivity index (χ3v) is 5.49. The van der Waals surface area contributed by atoms with E-state index in [1.165, 1.54) is 0 Å². The number of rotatable bonds is 4. The predicted octanol–water partition coefficient (Wildman–Crippen LogP) is 4.25. The number of hydrogen-bond donors (Lipinski definition) is 0. The van der Waals surface area contributed by atoms with Crippen LogP contribution < -0.4 is 0 Å². The highest BCUT2D eigenvalue weighted by atomic mass is 32.2. The number of benzene rings is 2. The van der Waals surface area contributed by atoms with Crippen LogP contribution in [0.25, 0.3) is 6.08 Å². The van der Waals surface area contributed by atoms with Gasteiger partial charge in [-0.25, -0.2) is 8.57 Å². The van der Waals surface area contributed by atoms with Crippen molar-refractivity contribution in [3.05, 3.63) is 71.8 Å². The van der Waals surface area contributed by atoms with Gasteiger partial charge < -0.3 is 0 Å². The van der Waals surface area contributed by atoms with Crippen molar-refractivity contribution in [2.24, 2.45) is 4.36 Å². The maximum absolute atomic E-state index is 12.9. The summed E-state index contributed by atoms with van der Waals surface area (Å²) in [6, 6.07) is 19.5. The lowest BCUT2D eigenvalue weighted by molar-refractivity contribution is 0.677. The summed E-state index contributed by atoms with van der Waals surface area (Å²) in [7, 11) is -0.738. The van der Waals surface area contributed by atoms with E-state index in [9.17, 15) is 4.21 Å². The highest BCUT2D eigenvalue weighted by Gasteiger charge is 2.11. The van der Waals surface area contributed by atoms with E-state index in [1.807, 2.05) is 67.6 Å². The Hall–Kier alpha value is -1.87. The Morgan fingerprint density at radius 1 is 1.05 bits per heavy atom. The van der Waals surface area contributed by atoms with Crippen LogP contribution in [0.15, 0.2) is 75.5 Å². The smallest absolute Gasteiger partial charge is 0.0788 e. The normalized spacial score (nSPS) is 14.6. The van der Waals surface area contributed by atoms with E-state index in [4.69, 9.17) is 0 Å². The van der Waals surface area contributed by atoms with Crippen LogP contribution in [-0.4, -0.2) is 17.0 Å². The molecule has 0 fully saturated rings. The summed E-state index contributed by atoms with van der Waals surface area (Å²) in [5, 5.41) is 0. The van der Waals surface area contributed by atoms with Crippen LogP contribution in [-0.2, 0) is 9.73 Å². The van der Waals surface area contributed by atoms with Gasteiger partial charge in [-0.2, -0.15) is 0 Å². The molecule has 2 nitrogen and oxygen atoms in total. The van der Waals surface area contributed by atoms with Gasteiger partial charge in [0.05, 0.1) is 15.5 Å². The second-order valence-electron chi connectivity index (χ2n) is 4.68. The molecule has 1 unspecified atom stereocenters. The van der Waals surface area contributed by atoms with Gasteiger partial charge in [-0.15, -0.1) is 0 Å². The molecule has 0 saturated heterocycles. The van der Waals surface area contributed by atoms with Crippen molar-refractivity contribution >= 4 is 15.8 Å². The standard InChI is InChI=1S/C17H19NOS/c1-15(13-16-9-5-3-6-10-16)14-20(19,18-2)17-11-7-4-8-12-17/h3-13H,14H2,1-2H3/b15-13-. The van der Waals surface area contributed by atoms with Crippen molar-refractivity contribution in [1.29, 1.82) is 0 Å². The highest BCUT2D eigenvalue weighted by molar-refractivity contribution is 7.93. The van der Waals surface area contributed by atoms with Crippen LogP contribution in [0.5, 0.6) is 0 Å². The van der Waals surface area contributed by atoms with Crippen molar-refractivity contribution in [3.63, 3.8) is 0 Å². The van der Waals surface area contributed by atoms with Gasteiger partial charge in [-0.05, 0) is 24.6 Å². The van der Waals surface area contributed by atoms with Crippen molar-refractivity contribution in [2.45, 2.75) is 11.8 Å². The van der Waals surface area contributed by atoms with Gasteiger partial charge in [0.1, 0.15) is 0 Å². The first kappa shape index (κ1) is 14.5. The Balaban J connectivity index is 2.28. The lowest BCUT2D eigenvalue weighted by atomic mass is 10.1. The van der Waals surface area contributed by atoms with Crippen LogP contribution in [0.2, 0.25) is 0 Å². The monoisotopic (exact) mass is 285 g/mol. The number of nitrogens with zero attached hydrogens (tertiary/aromatic N) is 1. The molecule has 0 amide bonds. The van der Waals surface area contributed by atoms with Crippen LogP contribution in [0.3, 0.4) is 0 Å². The molecule has 2 aromatic rings. The molecule has 2 rings (SSSR count). The maximum Gasteiger partial charge on any atom is 0.0788 e. The average Bonchev–Trinajstić information content (AvgIpc) is 2.49. The Bertz CT molecular complexity index is 696. The summed E-state index contributed by atoms with van der Waals surface area (Å²) in [6.45, 7) is 2.00. The maximum atomic E-state index is 12.9. The molecule has 3 heteroatoms. The first-order valence-corrected chi connectivity index (χ1v) is 8.23. The zero-order chi connectivity index (χ0) is 14.4. The van der Waals surface area contributed by atoms with Crippen LogP contribution in [0.1, 0.15) is 12.5 Å². The van der Waals surface area contributed by atoms with E-state index in [0.717, 1.165) is 16.0 Å². The average molecular weight is 285 g/mol. The lowest BCUT2D eigenvalue weighted by Crippen LogP contribution is -2.07. The summed E-state index contributed by atoms with van der Waals surface area (Å²) in [5.74, 6) is 0.461. The van der Waals surface area contributed by atoms with Crippen LogP contribution in [0, 0.1) is 0 Å². The molecule has 2 aromatic carbocycles. The minimum absolute atomic E-state index is 0.461. The highest BCUT2D eigenvalue weighted by Crippen LogP contribution is 2.17. The Morgan fingerprint density at radius 3 is 2.15 bits per heavy atom. The fraction of sp³-hybridized carbons (Fsp3) is 0.176. The third-order valence-electron chi connectivity index (χ3n) is 3.04. The van der Waals surface area contributed by atoms with Gasteiger partial charge in [0, 0.05) is 11.9 Å². The molecule has 0 aliphatic heterocycles. The van der Waals surface area contributed by atoms with Crippen molar-refractivity contribution in [1.82, 2.24) is 0 Å². The summed E-state index contributed by atoms with van der Waals surface area (Å²) < 4.78 is 17.1. The molecule has 0 N–H and O–H groups in total. The Kier molecular flexibility index (Phi) is 4.74. The summed E-state index contributed by atoms with van der Waals surface area (Å²) in [6.07, 6.45) is 2.06. The summed E-state index contributed by atoms with van der Waals surface area (Å²) >= 11 is 0. The molecular formula is C17H19NOS. The SMILES string of the molecule is CN=S(=O)(C/C(C)=C\c1ccccc1)c1ccccc1. The second-order valence-corrected chi connectivity index (χ2v) is 7.09.